The van der Waals surface area contributed by atoms with Gasteiger partial charge in [0.25, 0.3) is 0 Å². The fourth-order valence-corrected chi connectivity index (χ4v) is 3.37. The first kappa shape index (κ1) is 18.5. The lowest BCUT2D eigenvalue weighted by Crippen LogP contribution is -1.95. The Kier molecular flexibility index (Phi) is 4.90. The number of para-hydroxylation sites is 1. The highest BCUT2D eigenvalue weighted by atomic mass is 35.5. The van der Waals surface area contributed by atoms with Gasteiger partial charge in [-0.3, -0.25) is 4.57 Å². The SMILES string of the molecule is Cl.N#Cc1ccc(-c2cc(-n3cc(Cn4ccnc4)c4ccccc43)on2)cc1. The molecule has 0 N–H and O–H groups in total. The molecule has 0 fully saturated rings. The Morgan fingerprint density at radius 2 is 1.90 bits per heavy atom. The number of nitriles is 1. The maximum Gasteiger partial charge on any atom is 0.236 e. The van der Waals surface area contributed by atoms with Crippen molar-refractivity contribution in [3.63, 3.8) is 0 Å². The molecule has 0 saturated carbocycles. The Labute approximate surface area is 173 Å². The molecule has 0 aliphatic heterocycles. The largest absolute Gasteiger partial charge is 0.337 e. The van der Waals surface area contributed by atoms with Crippen LogP contribution in [0.1, 0.15) is 11.1 Å². The summed E-state index contributed by atoms with van der Waals surface area (Å²) in [7, 11) is 0. The summed E-state index contributed by atoms with van der Waals surface area (Å²) in [6.45, 7) is 0.726. The van der Waals surface area contributed by atoms with Crippen molar-refractivity contribution in [3.05, 3.63) is 90.6 Å². The molecule has 2 aromatic carbocycles. The van der Waals surface area contributed by atoms with Gasteiger partial charge in [-0.1, -0.05) is 35.5 Å². The minimum atomic E-state index is 0. The molecule has 0 saturated heterocycles. The van der Waals surface area contributed by atoms with Gasteiger partial charge in [0.2, 0.25) is 5.88 Å². The summed E-state index contributed by atoms with van der Waals surface area (Å²) < 4.78 is 9.70. The van der Waals surface area contributed by atoms with E-state index in [4.69, 9.17) is 9.78 Å². The summed E-state index contributed by atoms with van der Waals surface area (Å²) in [6, 6.07) is 19.6. The Morgan fingerprint density at radius 3 is 2.66 bits per heavy atom. The van der Waals surface area contributed by atoms with Gasteiger partial charge < -0.3 is 9.09 Å². The molecule has 0 spiro atoms. The number of halogens is 1. The van der Waals surface area contributed by atoms with E-state index in [0.717, 1.165) is 28.7 Å². The zero-order valence-electron chi connectivity index (χ0n) is 15.3. The molecule has 5 rings (SSSR count). The van der Waals surface area contributed by atoms with Gasteiger partial charge in [-0.05, 0) is 23.8 Å². The van der Waals surface area contributed by atoms with Crippen LogP contribution in [0.3, 0.4) is 0 Å². The number of imidazole rings is 1. The molecule has 5 aromatic rings. The van der Waals surface area contributed by atoms with Crippen molar-refractivity contribution in [2.45, 2.75) is 6.54 Å². The number of aromatic nitrogens is 4. The molecule has 142 valence electrons. The van der Waals surface area contributed by atoms with Crippen LogP contribution in [0.2, 0.25) is 0 Å². The highest BCUT2D eigenvalue weighted by molar-refractivity contribution is 5.86. The van der Waals surface area contributed by atoms with Gasteiger partial charge in [0.1, 0.15) is 5.69 Å². The number of fused-ring (bicyclic) bond motifs is 1. The maximum atomic E-state index is 8.95. The maximum absolute atomic E-state index is 8.95. The van der Waals surface area contributed by atoms with E-state index in [1.54, 1.807) is 18.3 Å². The molecule has 0 radical (unpaired) electrons. The monoisotopic (exact) mass is 401 g/mol. The van der Waals surface area contributed by atoms with Crippen LogP contribution in [0, 0.1) is 11.3 Å². The van der Waals surface area contributed by atoms with Gasteiger partial charge in [-0.15, -0.1) is 12.4 Å². The molecule has 6 nitrogen and oxygen atoms in total. The van der Waals surface area contributed by atoms with Gasteiger partial charge >= 0.3 is 0 Å². The van der Waals surface area contributed by atoms with Crippen molar-refractivity contribution in [1.29, 1.82) is 5.26 Å². The van der Waals surface area contributed by atoms with Crippen molar-refractivity contribution >= 4 is 23.3 Å². The summed E-state index contributed by atoms with van der Waals surface area (Å²) in [5.41, 5.74) is 4.48. The highest BCUT2D eigenvalue weighted by Gasteiger charge is 2.14. The predicted octanol–water partition coefficient (Wildman–Crippen LogP) is 4.82. The van der Waals surface area contributed by atoms with Crippen LogP contribution < -0.4 is 0 Å². The average molecular weight is 402 g/mol. The lowest BCUT2D eigenvalue weighted by Gasteiger charge is -1.99. The van der Waals surface area contributed by atoms with Crippen LogP contribution in [0.4, 0.5) is 0 Å². The van der Waals surface area contributed by atoms with Crippen molar-refractivity contribution in [1.82, 2.24) is 19.3 Å². The first-order chi connectivity index (χ1) is 13.8. The quantitative estimate of drug-likeness (QED) is 0.432. The molecule has 0 aliphatic rings. The molecular weight excluding hydrogens is 386 g/mol. The molecule has 0 atom stereocenters. The van der Waals surface area contributed by atoms with E-state index in [9.17, 15) is 0 Å². The highest BCUT2D eigenvalue weighted by Crippen LogP contribution is 2.28. The summed E-state index contributed by atoms with van der Waals surface area (Å²) in [5.74, 6) is 0.646. The van der Waals surface area contributed by atoms with Crippen LogP contribution >= 0.6 is 12.4 Å². The van der Waals surface area contributed by atoms with Crippen LogP contribution in [0.25, 0.3) is 28.0 Å². The van der Waals surface area contributed by atoms with Crippen LogP contribution in [0.5, 0.6) is 0 Å². The zero-order valence-corrected chi connectivity index (χ0v) is 16.1. The molecule has 0 aliphatic carbocycles. The summed E-state index contributed by atoms with van der Waals surface area (Å²) in [6.07, 6.45) is 7.61. The van der Waals surface area contributed by atoms with Crippen molar-refractivity contribution in [2.24, 2.45) is 0 Å². The molecule has 29 heavy (non-hydrogen) atoms. The van der Waals surface area contributed by atoms with E-state index < -0.39 is 0 Å². The Bertz CT molecular complexity index is 1290. The van der Waals surface area contributed by atoms with E-state index in [-0.39, 0.29) is 12.4 Å². The molecule has 3 heterocycles. The van der Waals surface area contributed by atoms with Crippen molar-refractivity contribution in [3.8, 4) is 23.2 Å². The second kappa shape index (κ2) is 7.66. The average Bonchev–Trinajstić information content (AvgIpc) is 3.49. The number of hydrogen-bond acceptors (Lipinski definition) is 4. The second-order valence-electron chi connectivity index (χ2n) is 6.52. The van der Waals surface area contributed by atoms with Crippen LogP contribution in [-0.2, 0) is 6.54 Å². The summed E-state index contributed by atoms with van der Waals surface area (Å²) >= 11 is 0. The Hall–Kier alpha value is -3.82. The van der Waals surface area contributed by atoms with Crippen LogP contribution in [0.15, 0.2) is 84.0 Å². The van der Waals surface area contributed by atoms with E-state index in [2.05, 4.69) is 34.5 Å². The third-order valence-electron chi connectivity index (χ3n) is 4.75. The topological polar surface area (TPSA) is 72.6 Å². The van der Waals surface area contributed by atoms with E-state index in [0.29, 0.717) is 11.4 Å². The number of benzene rings is 2. The van der Waals surface area contributed by atoms with Gasteiger partial charge in [0, 0.05) is 35.6 Å². The fourth-order valence-electron chi connectivity index (χ4n) is 3.37. The van der Waals surface area contributed by atoms with Crippen LogP contribution in [-0.4, -0.2) is 19.3 Å². The first-order valence-electron chi connectivity index (χ1n) is 8.84. The lowest BCUT2D eigenvalue weighted by atomic mass is 10.1. The molecule has 0 amide bonds. The smallest absolute Gasteiger partial charge is 0.236 e. The predicted molar refractivity (Wildman–Crippen MR) is 112 cm³/mol. The summed E-state index contributed by atoms with van der Waals surface area (Å²) in [4.78, 5) is 4.12. The normalized spacial score (nSPS) is 10.6. The Morgan fingerprint density at radius 1 is 1.07 bits per heavy atom. The second-order valence-corrected chi connectivity index (χ2v) is 6.52. The third kappa shape index (κ3) is 3.40. The van der Waals surface area contributed by atoms with E-state index in [1.165, 1.54) is 5.56 Å². The molecule has 3 aromatic heterocycles. The summed E-state index contributed by atoms with van der Waals surface area (Å²) in [5, 5.41) is 14.3. The lowest BCUT2D eigenvalue weighted by molar-refractivity contribution is 0.410. The van der Waals surface area contributed by atoms with Crippen molar-refractivity contribution in [2.75, 3.05) is 0 Å². The van der Waals surface area contributed by atoms with Gasteiger partial charge in [-0.25, -0.2) is 4.98 Å². The zero-order chi connectivity index (χ0) is 18.9. The Balaban J connectivity index is 0.00000205. The third-order valence-corrected chi connectivity index (χ3v) is 4.75. The van der Waals surface area contributed by atoms with Gasteiger partial charge in [0.05, 0.1) is 30.0 Å². The minimum absolute atomic E-state index is 0. The fraction of sp³-hybridized carbons (Fsp3) is 0.0455. The van der Waals surface area contributed by atoms with E-state index >= 15 is 0 Å². The van der Waals surface area contributed by atoms with Gasteiger partial charge in [0.15, 0.2) is 0 Å². The van der Waals surface area contributed by atoms with E-state index in [1.807, 2.05) is 52.0 Å². The number of hydrogen-bond donors (Lipinski definition) is 0. The van der Waals surface area contributed by atoms with Gasteiger partial charge in [-0.2, -0.15) is 5.26 Å². The molecule has 0 bridgehead atoms. The number of rotatable bonds is 4. The minimum Gasteiger partial charge on any atom is -0.337 e. The molecule has 7 heteroatoms. The molecular formula is C22H16ClN5O. The molecule has 0 unspecified atom stereocenters. The first-order valence-corrected chi connectivity index (χ1v) is 8.84. The van der Waals surface area contributed by atoms with Crippen molar-refractivity contribution < 1.29 is 4.52 Å². The number of nitrogens with zero attached hydrogens (tertiary/aromatic N) is 5. The standard InChI is InChI=1S/C22H15N5O.ClH/c23-12-16-5-7-17(8-6-16)20-11-22(28-25-20)27-14-18(13-26-10-9-24-15-26)19-3-1-2-4-21(19)27;/h1-11,14-15H,13H2;1H.